The molecule has 3 aromatic rings. The number of ketones is 1. The Morgan fingerprint density at radius 3 is 2.10 bits per heavy atom. The molecule has 0 spiro atoms. The summed E-state index contributed by atoms with van der Waals surface area (Å²) in [7, 11) is 0. The number of carbonyl (C=O) groups is 3. The molecule has 150 valence electrons. The molecule has 0 fully saturated rings. The van der Waals surface area contributed by atoms with E-state index in [2.05, 4.69) is 10.6 Å². The summed E-state index contributed by atoms with van der Waals surface area (Å²) in [5, 5.41) is 5.66. The van der Waals surface area contributed by atoms with Gasteiger partial charge in [0.2, 0.25) is 0 Å². The Bertz CT molecular complexity index is 1110. The molecule has 0 atom stereocenters. The van der Waals surface area contributed by atoms with Gasteiger partial charge in [0, 0.05) is 11.3 Å². The van der Waals surface area contributed by atoms with E-state index in [4.69, 9.17) is 11.6 Å². The third-order valence-electron chi connectivity index (χ3n) is 4.27. The van der Waals surface area contributed by atoms with E-state index in [1.54, 1.807) is 54.6 Å². The molecule has 30 heavy (non-hydrogen) atoms. The van der Waals surface area contributed by atoms with Crippen LogP contribution in [-0.2, 0) is 4.79 Å². The molecule has 3 aromatic carbocycles. The first-order chi connectivity index (χ1) is 14.4. The second-order valence-electron chi connectivity index (χ2n) is 6.49. The Balaban J connectivity index is 1.86. The van der Waals surface area contributed by atoms with E-state index in [-0.39, 0.29) is 22.1 Å². The van der Waals surface area contributed by atoms with E-state index in [1.807, 2.05) is 30.3 Å². The highest BCUT2D eigenvalue weighted by atomic mass is 35.5. The zero-order valence-electron chi connectivity index (χ0n) is 16.2. The number of amides is 2. The SMILES string of the molecule is CC(=O)c1ccc(NC(=O)/C(=C\c2ccccc2)NC(=O)c2ccccc2Cl)cc1. The highest BCUT2D eigenvalue weighted by Gasteiger charge is 2.17. The minimum absolute atomic E-state index is 0.0572. The maximum atomic E-state index is 12.9. The molecule has 0 radical (unpaired) electrons. The third-order valence-corrected chi connectivity index (χ3v) is 4.60. The van der Waals surface area contributed by atoms with Gasteiger partial charge in [-0.2, -0.15) is 0 Å². The highest BCUT2D eigenvalue weighted by molar-refractivity contribution is 6.34. The van der Waals surface area contributed by atoms with Crippen molar-refractivity contribution in [3.05, 3.63) is 106 Å². The van der Waals surface area contributed by atoms with Crippen LogP contribution >= 0.6 is 11.6 Å². The van der Waals surface area contributed by atoms with Gasteiger partial charge < -0.3 is 10.6 Å². The number of benzene rings is 3. The van der Waals surface area contributed by atoms with Crippen molar-refractivity contribution >= 4 is 41.0 Å². The lowest BCUT2D eigenvalue weighted by molar-refractivity contribution is -0.113. The minimum atomic E-state index is -0.505. The Morgan fingerprint density at radius 2 is 1.47 bits per heavy atom. The molecule has 2 N–H and O–H groups in total. The standard InChI is InChI=1S/C24H19ClN2O3/c1-16(28)18-11-13-19(14-12-18)26-24(30)22(15-17-7-3-2-4-8-17)27-23(29)20-9-5-6-10-21(20)25/h2-15H,1H3,(H,26,30)(H,27,29)/b22-15+. The van der Waals surface area contributed by atoms with Crippen LogP contribution in [0.2, 0.25) is 5.02 Å². The molecule has 0 heterocycles. The molecule has 0 saturated carbocycles. The fraction of sp³-hybridized carbons (Fsp3) is 0.0417. The summed E-state index contributed by atoms with van der Waals surface area (Å²) < 4.78 is 0. The van der Waals surface area contributed by atoms with Gasteiger partial charge in [-0.25, -0.2) is 0 Å². The van der Waals surface area contributed by atoms with Gasteiger partial charge in [-0.1, -0.05) is 54.1 Å². The van der Waals surface area contributed by atoms with Crippen LogP contribution in [0, 0.1) is 0 Å². The van der Waals surface area contributed by atoms with Crippen LogP contribution in [0.15, 0.2) is 84.6 Å². The summed E-state index contributed by atoms with van der Waals surface area (Å²) >= 11 is 6.10. The normalized spacial score (nSPS) is 10.9. The van der Waals surface area contributed by atoms with Gasteiger partial charge in [-0.05, 0) is 55.0 Å². The Hall–Kier alpha value is -3.70. The molecular weight excluding hydrogens is 400 g/mol. The van der Waals surface area contributed by atoms with E-state index >= 15 is 0 Å². The largest absolute Gasteiger partial charge is 0.321 e. The number of hydrogen-bond acceptors (Lipinski definition) is 3. The van der Waals surface area contributed by atoms with Gasteiger partial charge >= 0.3 is 0 Å². The Labute approximate surface area is 179 Å². The topological polar surface area (TPSA) is 75.3 Å². The van der Waals surface area contributed by atoms with E-state index in [0.29, 0.717) is 11.3 Å². The second-order valence-corrected chi connectivity index (χ2v) is 6.90. The first kappa shape index (κ1) is 21.0. The zero-order valence-corrected chi connectivity index (χ0v) is 16.9. The summed E-state index contributed by atoms with van der Waals surface area (Å²) in [5.74, 6) is -1.07. The van der Waals surface area contributed by atoms with Crippen LogP contribution in [-0.4, -0.2) is 17.6 Å². The summed E-state index contributed by atoms with van der Waals surface area (Å²) in [6.07, 6.45) is 1.58. The van der Waals surface area contributed by atoms with Crippen molar-refractivity contribution < 1.29 is 14.4 Å². The van der Waals surface area contributed by atoms with Gasteiger partial charge in [-0.15, -0.1) is 0 Å². The lowest BCUT2D eigenvalue weighted by Gasteiger charge is -2.12. The first-order valence-corrected chi connectivity index (χ1v) is 9.57. The number of nitrogens with one attached hydrogen (secondary N) is 2. The van der Waals surface area contributed by atoms with Crippen molar-refractivity contribution in [1.82, 2.24) is 5.32 Å². The fourth-order valence-electron chi connectivity index (χ4n) is 2.70. The molecule has 0 aliphatic heterocycles. The molecular formula is C24H19ClN2O3. The summed E-state index contributed by atoms with van der Waals surface area (Å²) in [6, 6.07) is 22.3. The van der Waals surface area contributed by atoms with E-state index < -0.39 is 11.8 Å². The number of rotatable bonds is 6. The molecule has 0 aromatic heterocycles. The van der Waals surface area contributed by atoms with Crippen molar-refractivity contribution in [2.75, 3.05) is 5.32 Å². The molecule has 3 rings (SSSR count). The second kappa shape index (κ2) is 9.67. The number of halogens is 1. The molecule has 2 amide bonds. The van der Waals surface area contributed by atoms with Crippen LogP contribution in [0.25, 0.3) is 6.08 Å². The van der Waals surface area contributed by atoms with Crippen LogP contribution in [0.3, 0.4) is 0 Å². The monoisotopic (exact) mass is 418 g/mol. The first-order valence-electron chi connectivity index (χ1n) is 9.19. The molecule has 0 aliphatic carbocycles. The van der Waals surface area contributed by atoms with E-state index in [9.17, 15) is 14.4 Å². The predicted octanol–water partition coefficient (Wildman–Crippen LogP) is 4.95. The molecule has 6 heteroatoms. The minimum Gasteiger partial charge on any atom is -0.321 e. The molecule has 5 nitrogen and oxygen atoms in total. The van der Waals surface area contributed by atoms with E-state index in [0.717, 1.165) is 5.56 Å². The fourth-order valence-corrected chi connectivity index (χ4v) is 2.92. The van der Waals surface area contributed by atoms with Crippen LogP contribution in [0.5, 0.6) is 0 Å². The van der Waals surface area contributed by atoms with Gasteiger partial charge in [0.15, 0.2) is 5.78 Å². The smallest absolute Gasteiger partial charge is 0.272 e. The summed E-state index contributed by atoms with van der Waals surface area (Å²) in [6.45, 7) is 1.47. The quantitative estimate of drug-likeness (QED) is 0.439. The van der Waals surface area contributed by atoms with Crippen molar-refractivity contribution in [3.8, 4) is 0 Å². The maximum absolute atomic E-state index is 12.9. The Morgan fingerprint density at radius 1 is 0.833 bits per heavy atom. The average Bonchev–Trinajstić information content (AvgIpc) is 2.74. The maximum Gasteiger partial charge on any atom is 0.272 e. The van der Waals surface area contributed by atoms with Gasteiger partial charge in [0.1, 0.15) is 5.70 Å². The van der Waals surface area contributed by atoms with Gasteiger partial charge in [0.25, 0.3) is 11.8 Å². The van der Waals surface area contributed by atoms with Crippen molar-refractivity contribution in [2.45, 2.75) is 6.92 Å². The van der Waals surface area contributed by atoms with Crippen LogP contribution in [0.4, 0.5) is 5.69 Å². The van der Waals surface area contributed by atoms with Gasteiger partial charge in [-0.3, -0.25) is 14.4 Å². The average molecular weight is 419 g/mol. The number of hydrogen-bond donors (Lipinski definition) is 2. The number of anilines is 1. The van der Waals surface area contributed by atoms with Crippen LogP contribution in [0.1, 0.15) is 33.2 Å². The Kier molecular flexibility index (Phi) is 6.78. The zero-order chi connectivity index (χ0) is 21.5. The van der Waals surface area contributed by atoms with Crippen molar-refractivity contribution in [2.24, 2.45) is 0 Å². The molecule has 0 saturated heterocycles. The lowest BCUT2D eigenvalue weighted by Crippen LogP contribution is -2.31. The number of Topliss-reactive ketones (excluding diaryl/α,β-unsaturated/α-hetero) is 1. The van der Waals surface area contributed by atoms with Crippen LogP contribution < -0.4 is 10.6 Å². The predicted molar refractivity (Wildman–Crippen MR) is 118 cm³/mol. The molecule has 0 aliphatic rings. The lowest BCUT2D eigenvalue weighted by atomic mass is 10.1. The van der Waals surface area contributed by atoms with E-state index in [1.165, 1.54) is 6.92 Å². The summed E-state index contributed by atoms with van der Waals surface area (Å²) in [4.78, 5) is 37.0. The number of carbonyl (C=O) groups excluding carboxylic acids is 3. The molecule has 0 unspecified atom stereocenters. The highest BCUT2D eigenvalue weighted by Crippen LogP contribution is 2.17. The van der Waals surface area contributed by atoms with Gasteiger partial charge in [0.05, 0.1) is 10.6 Å². The van der Waals surface area contributed by atoms with Crippen molar-refractivity contribution in [1.29, 1.82) is 0 Å². The van der Waals surface area contributed by atoms with Crippen molar-refractivity contribution in [3.63, 3.8) is 0 Å². The molecule has 0 bridgehead atoms. The third kappa shape index (κ3) is 5.43. The summed E-state index contributed by atoms with van der Waals surface area (Å²) in [5.41, 5.74) is 2.10.